The van der Waals surface area contributed by atoms with E-state index in [4.69, 9.17) is 28.3 Å². The molecule has 110 valence electrons. The Labute approximate surface area is 132 Å². The van der Waals surface area contributed by atoms with E-state index in [1.165, 1.54) is 4.90 Å². The lowest BCUT2D eigenvalue weighted by Gasteiger charge is -2.22. The van der Waals surface area contributed by atoms with Gasteiger partial charge in [-0.05, 0) is 29.8 Å². The number of anilines is 1. The first-order chi connectivity index (χ1) is 10.1. The number of amides is 1. The number of benzene rings is 1. The standard InChI is InChI=1S/C15H14Cl2N2O2/c16-13-2-1-3-14(17)12(13)10-15(21)19(8-9-20)11-4-6-18-7-5-11/h1-7,20H,8-10H2. The van der Waals surface area contributed by atoms with Gasteiger partial charge in [-0.2, -0.15) is 0 Å². The van der Waals surface area contributed by atoms with Gasteiger partial charge >= 0.3 is 0 Å². The Bertz CT molecular complexity index is 600. The molecule has 0 bridgehead atoms. The molecule has 1 N–H and O–H groups in total. The maximum atomic E-state index is 12.5. The summed E-state index contributed by atoms with van der Waals surface area (Å²) in [6, 6.07) is 8.54. The molecule has 0 spiro atoms. The van der Waals surface area contributed by atoms with Crippen LogP contribution in [-0.4, -0.2) is 29.1 Å². The van der Waals surface area contributed by atoms with Crippen molar-refractivity contribution in [1.82, 2.24) is 4.98 Å². The minimum atomic E-state index is -0.190. The van der Waals surface area contributed by atoms with Crippen LogP contribution in [0.3, 0.4) is 0 Å². The highest BCUT2D eigenvalue weighted by Gasteiger charge is 2.18. The number of carbonyl (C=O) groups excluding carboxylic acids is 1. The molecular weight excluding hydrogens is 311 g/mol. The Morgan fingerprint density at radius 1 is 1.14 bits per heavy atom. The second-order valence-corrected chi connectivity index (χ2v) is 5.17. The van der Waals surface area contributed by atoms with Crippen molar-refractivity contribution in [3.63, 3.8) is 0 Å². The number of pyridine rings is 1. The average molecular weight is 325 g/mol. The number of aliphatic hydroxyl groups is 1. The van der Waals surface area contributed by atoms with Crippen molar-refractivity contribution in [3.8, 4) is 0 Å². The molecule has 0 saturated heterocycles. The Morgan fingerprint density at radius 2 is 1.76 bits per heavy atom. The minimum absolute atomic E-state index is 0.0703. The van der Waals surface area contributed by atoms with Gasteiger partial charge in [0.2, 0.25) is 5.91 Å². The SMILES string of the molecule is O=C(Cc1c(Cl)cccc1Cl)N(CCO)c1ccncc1. The van der Waals surface area contributed by atoms with Crippen LogP contribution in [0.1, 0.15) is 5.56 Å². The number of aliphatic hydroxyl groups excluding tert-OH is 1. The Morgan fingerprint density at radius 3 is 2.33 bits per heavy atom. The molecule has 0 aliphatic heterocycles. The third-order valence-corrected chi connectivity index (χ3v) is 3.70. The van der Waals surface area contributed by atoms with E-state index in [1.807, 2.05) is 0 Å². The van der Waals surface area contributed by atoms with Crippen LogP contribution in [0.25, 0.3) is 0 Å². The first-order valence-electron chi connectivity index (χ1n) is 6.37. The molecule has 4 nitrogen and oxygen atoms in total. The maximum Gasteiger partial charge on any atom is 0.231 e. The van der Waals surface area contributed by atoms with Crippen molar-refractivity contribution in [2.24, 2.45) is 0 Å². The number of nitrogens with zero attached hydrogens (tertiary/aromatic N) is 2. The van der Waals surface area contributed by atoms with Crippen LogP contribution in [0.2, 0.25) is 10.0 Å². The fourth-order valence-electron chi connectivity index (χ4n) is 1.97. The van der Waals surface area contributed by atoms with Gasteiger partial charge in [0.1, 0.15) is 0 Å². The molecule has 2 rings (SSSR count). The van der Waals surface area contributed by atoms with Gasteiger partial charge in [0.05, 0.1) is 13.0 Å². The lowest BCUT2D eigenvalue weighted by Crippen LogP contribution is -2.34. The molecule has 0 atom stereocenters. The second-order valence-electron chi connectivity index (χ2n) is 4.35. The van der Waals surface area contributed by atoms with E-state index in [2.05, 4.69) is 4.98 Å². The molecule has 0 aliphatic rings. The summed E-state index contributed by atoms with van der Waals surface area (Å²) < 4.78 is 0. The molecule has 1 aromatic heterocycles. The van der Waals surface area contributed by atoms with Gasteiger partial charge in [0, 0.05) is 34.7 Å². The van der Waals surface area contributed by atoms with Gasteiger partial charge in [-0.25, -0.2) is 0 Å². The minimum Gasteiger partial charge on any atom is -0.395 e. The summed E-state index contributed by atoms with van der Waals surface area (Å²) in [6.45, 7) is 0.0647. The molecule has 0 radical (unpaired) electrons. The largest absolute Gasteiger partial charge is 0.395 e. The summed E-state index contributed by atoms with van der Waals surface area (Å²) in [4.78, 5) is 17.9. The molecule has 0 aliphatic carbocycles. The van der Waals surface area contributed by atoms with E-state index in [9.17, 15) is 4.79 Å². The zero-order chi connectivity index (χ0) is 15.2. The fraction of sp³-hybridized carbons (Fsp3) is 0.200. The molecule has 0 saturated carbocycles. The van der Waals surface area contributed by atoms with Crippen LogP contribution < -0.4 is 4.90 Å². The third kappa shape index (κ3) is 3.94. The number of halogens is 2. The Balaban J connectivity index is 2.24. The van der Waals surface area contributed by atoms with Crippen molar-refractivity contribution in [2.45, 2.75) is 6.42 Å². The number of aromatic nitrogens is 1. The van der Waals surface area contributed by atoms with Crippen LogP contribution in [-0.2, 0) is 11.2 Å². The third-order valence-electron chi connectivity index (χ3n) is 2.99. The molecule has 1 aromatic carbocycles. The molecule has 2 aromatic rings. The smallest absolute Gasteiger partial charge is 0.231 e. The topological polar surface area (TPSA) is 53.4 Å². The van der Waals surface area contributed by atoms with E-state index in [-0.39, 0.29) is 25.5 Å². The highest BCUT2D eigenvalue weighted by Crippen LogP contribution is 2.26. The van der Waals surface area contributed by atoms with Crippen molar-refractivity contribution in [1.29, 1.82) is 0 Å². The Kier molecular flexibility index (Phi) is 5.56. The average Bonchev–Trinajstić information content (AvgIpc) is 2.49. The molecule has 1 amide bonds. The van der Waals surface area contributed by atoms with Crippen LogP contribution >= 0.6 is 23.2 Å². The van der Waals surface area contributed by atoms with Gasteiger partial charge in [0.15, 0.2) is 0 Å². The first-order valence-corrected chi connectivity index (χ1v) is 7.13. The first kappa shape index (κ1) is 15.8. The Hall–Kier alpha value is -1.62. The summed E-state index contributed by atoms with van der Waals surface area (Å²) in [7, 11) is 0. The molecule has 1 heterocycles. The quantitative estimate of drug-likeness (QED) is 0.919. The monoisotopic (exact) mass is 324 g/mol. The van der Waals surface area contributed by atoms with E-state index in [0.29, 0.717) is 21.3 Å². The normalized spacial score (nSPS) is 10.4. The zero-order valence-electron chi connectivity index (χ0n) is 11.2. The predicted molar refractivity (Wildman–Crippen MR) is 83.8 cm³/mol. The maximum absolute atomic E-state index is 12.5. The van der Waals surface area contributed by atoms with E-state index < -0.39 is 0 Å². The number of rotatable bonds is 5. The highest BCUT2D eigenvalue weighted by molar-refractivity contribution is 6.36. The van der Waals surface area contributed by atoms with Crippen LogP contribution in [0.15, 0.2) is 42.7 Å². The van der Waals surface area contributed by atoms with Crippen molar-refractivity contribution < 1.29 is 9.90 Å². The number of hydrogen-bond acceptors (Lipinski definition) is 3. The van der Waals surface area contributed by atoms with Crippen molar-refractivity contribution in [2.75, 3.05) is 18.1 Å². The number of hydrogen-bond donors (Lipinski definition) is 1. The van der Waals surface area contributed by atoms with Gasteiger partial charge < -0.3 is 10.0 Å². The van der Waals surface area contributed by atoms with Crippen molar-refractivity contribution in [3.05, 3.63) is 58.3 Å². The van der Waals surface area contributed by atoms with Crippen LogP contribution in [0, 0.1) is 0 Å². The molecule has 0 unspecified atom stereocenters. The van der Waals surface area contributed by atoms with Gasteiger partial charge in [-0.1, -0.05) is 29.3 Å². The van der Waals surface area contributed by atoms with Crippen LogP contribution in [0.5, 0.6) is 0 Å². The van der Waals surface area contributed by atoms with Gasteiger partial charge in [-0.15, -0.1) is 0 Å². The van der Waals surface area contributed by atoms with Crippen molar-refractivity contribution >= 4 is 34.8 Å². The molecular formula is C15H14Cl2N2O2. The van der Waals surface area contributed by atoms with E-state index in [0.717, 1.165) is 0 Å². The van der Waals surface area contributed by atoms with E-state index in [1.54, 1.807) is 42.7 Å². The van der Waals surface area contributed by atoms with Gasteiger partial charge in [0.25, 0.3) is 0 Å². The summed E-state index contributed by atoms with van der Waals surface area (Å²) in [5.41, 5.74) is 1.26. The van der Waals surface area contributed by atoms with E-state index >= 15 is 0 Å². The van der Waals surface area contributed by atoms with Crippen LogP contribution in [0.4, 0.5) is 5.69 Å². The predicted octanol–water partition coefficient (Wildman–Crippen LogP) is 2.96. The lowest BCUT2D eigenvalue weighted by atomic mass is 10.1. The lowest BCUT2D eigenvalue weighted by molar-refractivity contribution is -0.118. The molecule has 6 heteroatoms. The summed E-state index contributed by atoms with van der Waals surface area (Å²) in [5.74, 6) is -0.190. The summed E-state index contributed by atoms with van der Waals surface area (Å²) >= 11 is 12.2. The second kappa shape index (κ2) is 7.41. The molecule has 21 heavy (non-hydrogen) atoms. The molecule has 0 fully saturated rings. The highest BCUT2D eigenvalue weighted by atomic mass is 35.5. The zero-order valence-corrected chi connectivity index (χ0v) is 12.7. The summed E-state index contributed by atoms with van der Waals surface area (Å²) in [6.07, 6.45) is 3.26. The van der Waals surface area contributed by atoms with Gasteiger partial charge in [-0.3, -0.25) is 9.78 Å². The summed E-state index contributed by atoms with van der Waals surface area (Å²) in [5, 5.41) is 10.1. The fourth-order valence-corrected chi connectivity index (χ4v) is 2.50. The number of carbonyl (C=O) groups is 1.